The second-order valence-corrected chi connectivity index (χ2v) is 5.80. The van der Waals surface area contributed by atoms with Gasteiger partial charge in [0.15, 0.2) is 0 Å². The van der Waals surface area contributed by atoms with Crippen molar-refractivity contribution in [1.29, 1.82) is 0 Å². The fourth-order valence-electron chi connectivity index (χ4n) is 2.49. The zero-order valence-electron chi connectivity index (χ0n) is 12.4. The summed E-state index contributed by atoms with van der Waals surface area (Å²) in [7, 11) is 0. The van der Waals surface area contributed by atoms with Crippen molar-refractivity contribution in [3.63, 3.8) is 0 Å². The van der Waals surface area contributed by atoms with E-state index in [0.29, 0.717) is 6.08 Å². The Morgan fingerprint density at radius 3 is 2.35 bits per heavy atom. The Bertz CT molecular complexity index is 640. The molecule has 0 aliphatic carbocycles. The first-order valence-corrected chi connectivity index (χ1v) is 7.00. The van der Waals surface area contributed by atoms with Gasteiger partial charge in [-0.15, -0.1) is 0 Å². The zero-order valence-corrected chi connectivity index (χ0v) is 12.4. The molecule has 1 amide bonds. The highest BCUT2D eigenvalue weighted by atomic mass is 19.4. The number of benzene rings is 1. The molecule has 2 rings (SSSR count). The second-order valence-electron chi connectivity index (χ2n) is 5.80. The lowest BCUT2D eigenvalue weighted by molar-refractivity contribution is -0.147. The van der Waals surface area contributed by atoms with Crippen LogP contribution >= 0.6 is 0 Å². The summed E-state index contributed by atoms with van der Waals surface area (Å²) in [6, 6.07) is 7.04. The number of carbonyl (C=O) groups is 2. The van der Waals surface area contributed by atoms with Crippen molar-refractivity contribution in [1.82, 2.24) is 4.90 Å². The van der Waals surface area contributed by atoms with Crippen LogP contribution in [0, 0.1) is 5.41 Å². The minimum atomic E-state index is -4.67. The molecule has 7 heteroatoms. The van der Waals surface area contributed by atoms with Gasteiger partial charge < -0.3 is 10.0 Å². The molecule has 1 fully saturated rings. The van der Waals surface area contributed by atoms with Crippen molar-refractivity contribution in [2.45, 2.75) is 19.5 Å². The van der Waals surface area contributed by atoms with Crippen LogP contribution in [0.1, 0.15) is 18.9 Å². The molecule has 1 unspecified atom stereocenters. The summed E-state index contributed by atoms with van der Waals surface area (Å²) in [5.41, 5.74) is -2.25. The van der Waals surface area contributed by atoms with Crippen LogP contribution < -0.4 is 0 Å². The number of likely N-dealkylation sites (tertiary alicyclic amines) is 1. The van der Waals surface area contributed by atoms with E-state index in [4.69, 9.17) is 5.11 Å². The minimum Gasteiger partial charge on any atom is -0.481 e. The predicted molar refractivity (Wildman–Crippen MR) is 77.4 cm³/mol. The molecule has 0 bridgehead atoms. The van der Waals surface area contributed by atoms with Crippen LogP contribution in [-0.2, 0) is 9.59 Å². The normalized spacial score (nSPS) is 22.3. The van der Waals surface area contributed by atoms with Gasteiger partial charge in [0.25, 0.3) is 0 Å². The van der Waals surface area contributed by atoms with Gasteiger partial charge in [-0.2, -0.15) is 13.2 Å². The molecule has 124 valence electrons. The lowest BCUT2D eigenvalue weighted by Crippen LogP contribution is -2.34. The third kappa shape index (κ3) is 3.72. The molecular weight excluding hydrogens is 311 g/mol. The molecule has 1 N–H and O–H groups in total. The number of hydrogen-bond donors (Lipinski definition) is 1. The van der Waals surface area contributed by atoms with Crippen LogP contribution in [0.15, 0.2) is 36.4 Å². The van der Waals surface area contributed by atoms with Gasteiger partial charge in [-0.1, -0.05) is 30.3 Å². The number of halogens is 3. The average Bonchev–Trinajstić information content (AvgIpc) is 2.88. The fraction of sp³-hybridized carbons (Fsp3) is 0.375. The smallest absolute Gasteiger partial charge is 0.417 e. The van der Waals surface area contributed by atoms with Crippen LogP contribution in [0.2, 0.25) is 0 Å². The van der Waals surface area contributed by atoms with E-state index in [0.717, 1.165) is 4.90 Å². The summed E-state index contributed by atoms with van der Waals surface area (Å²) >= 11 is 0. The van der Waals surface area contributed by atoms with E-state index in [1.54, 1.807) is 6.07 Å². The van der Waals surface area contributed by atoms with Gasteiger partial charge in [0.05, 0.1) is 11.0 Å². The molecule has 1 aliphatic rings. The van der Waals surface area contributed by atoms with Crippen LogP contribution in [-0.4, -0.2) is 41.1 Å². The number of nitrogens with zero attached hydrogens (tertiary/aromatic N) is 1. The Balaban J connectivity index is 2.27. The summed E-state index contributed by atoms with van der Waals surface area (Å²) in [6.45, 7) is 1.50. The largest absolute Gasteiger partial charge is 0.481 e. The van der Waals surface area contributed by atoms with Crippen molar-refractivity contribution in [3.05, 3.63) is 42.0 Å². The number of amides is 1. The van der Waals surface area contributed by atoms with Crippen LogP contribution in [0.5, 0.6) is 0 Å². The van der Waals surface area contributed by atoms with Gasteiger partial charge in [-0.3, -0.25) is 9.59 Å². The van der Waals surface area contributed by atoms with Crippen molar-refractivity contribution in [3.8, 4) is 0 Å². The monoisotopic (exact) mass is 327 g/mol. The number of carbonyl (C=O) groups excluding carboxylic acids is 1. The highest BCUT2D eigenvalue weighted by Gasteiger charge is 2.42. The lowest BCUT2D eigenvalue weighted by Gasteiger charge is -2.20. The molecule has 1 heterocycles. The standard InChI is InChI=1S/C16H16F3NO3/c1-15(14(22)23)7-8-20(10-15)13(21)9-12(16(17,18)19)11-5-3-2-4-6-11/h2-6,9H,7-8,10H2,1H3,(H,22,23)/b12-9-. The number of allylic oxidation sites excluding steroid dienone is 1. The Kier molecular flexibility index (Phi) is 4.49. The van der Waals surface area contributed by atoms with Gasteiger partial charge >= 0.3 is 12.1 Å². The molecule has 0 spiro atoms. The summed E-state index contributed by atoms with van der Waals surface area (Å²) in [6.07, 6.45) is -3.91. The van der Waals surface area contributed by atoms with Crippen LogP contribution in [0.4, 0.5) is 13.2 Å². The first-order chi connectivity index (χ1) is 10.6. The summed E-state index contributed by atoms with van der Waals surface area (Å²) < 4.78 is 39.6. The Morgan fingerprint density at radius 2 is 1.87 bits per heavy atom. The topological polar surface area (TPSA) is 57.6 Å². The molecule has 1 aliphatic heterocycles. The first kappa shape index (κ1) is 17.1. The fourth-order valence-corrected chi connectivity index (χ4v) is 2.49. The van der Waals surface area contributed by atoms with Crippen molar-refractivity contribution < 1.29 is 27.9 Å². The summed E-state index contributed by atoms with van der Waals surface area (Å²) in [4.78, 5) is 24.4. The maximum atomic E-state index is 13.2. The molecule has 23 heavy (non-hydrogen) atoms. The number of carboxylic acids is 1. The summed E-state index contributed by atoms with van der Waals surface area (Å²) in [5, 5.41) is 9.13. The first-order valence-electron chi connectivity index (χ1n) is 7.00. The van der Waals surface area contributed by atoms with E-state index < -0.39 is 29.0 Å². The molecular formula is C16H16F3NO3. The van der Waals surface area contributed by atoms with E-state index in [-0.39, 0.29) is 25.1 Å². The van der Waals surface area contributed by atoms with Gasteiger partial charge in [-0.05, 0) is 18.9 Å². The van der Waals surface area contributed by atoms with E-state index in [2.05, 4.69) is 0 Å². The lowest BCUT2D eigenvalue weighted by atomic mass is 9.90. The number of alkyl halides is 3. The van der Waals surface area contributed by atoms with Gasteiger partial charge in [0.1, 0.15) is 0 Å². The van der Waals surface area contributed by atoms with Crippen molar-refractivity contribution >= 4 is 17.4 Å². The molecule has 0 radical (unpaired) electrons. The summed E-state index contributed by atoms with van der Waals surface area (Å²) in [5.74, 6) is -1.89. The molecule has 0 aromatic heterocycles. The molecule has 1 atom stereocenters. The molecule has 0 saturated carbocycles. The van der Waals surface area contributed by atoms with Crippen molar-refractivity contribution in [2.75, 3.05) is 13.1 Å². The number of aliphatic carboxylic acids is 1. The maximum Gasteiger partial charge on any atom is 0.417 e. The highest BCUT2D eigenvalue weighted by Crippen LogP contribution is 2.35. The SMILES string of the molecule is CC1(C(=O)O)CCN(C(=O)/C=C(/c2ccccc2)C(F)(F)F)C1. The van der Waals surface area contributed by atoms with Gasteiger partial charge in [-0.25, -0.2) is 0 Å². The quantitative estimate of drug-likeness (QED) is 0.869. The van der Waals surface area contributed by atoms with E-state index in [1.807, 2.05) is 0 Å². The van der Waals surface area contributed by atoms with E-state index in [9.17, 15) is 22.8 Å². The third-order valence-corrected chi connectivity index (χ3v) is 3.96. The Labute approximate surface area is 131 Å². The predicted octanol–water partition coefficient (Wildman–Crippen LogP) is 2.96. The Hall–Kier alpha value is -2.31. The number of rotatable bonds is 3. The van der Waals surface area contributed by atoms with Gasteiger partial charge in [0, 0.05) is 19.2 Å². The van der Waals surface area contributed by atoms with E-state index in [1.165, 1.54) is 31.2 Å². The molecule has 1 aromatic rings. The van der Waals surface area contributed by atoms with Crippen molar-refractivity contribution in [2.24, 2.45) is 5.41 Å². The number of carboxylic acid groups (broad SMARTS) is 1. The third-order valence-electron chi connectivity index (χ3n) is 3.96. The Morgan fingerprint density at radius 1 is 1.26 bits per heavy atom. The molecule has 4 nitrogen and oxygen atoms in total. The maximum absolute atomic E-state index is 13.2. The minimum absolute atomic E-state index is 0.0996. The second kappa shape index (κ2) is 6.06. The van der Waals surface area contributed by atoms with Crippen LogP contribution in [0.3, 0.4) is 0 Å². The molecule has 1 aromatic carbocycles. The highest BCUT2D eigenvalue weighted by molar-refractivity contribution is 5.96. The van der Waals surface area contributed by atoms with Gasteiger partial charge in [0.2, 0.25) is 5.91 Å². The van der Waals surface area contributed by atoms with Crippen LogP contribution in [0.25, 0.3) is 5.57 Å². The average molecular weight is 327 g/mol. The number of hydrogen-bond acceptors (Lipinski definition) is 2. The van der Waals surface area contributed by atoms with E-state index >= 15 is 0 Å². The molecule has 1 saturated heterocycles. The zero-order chi connectivity index (χ0) is 17.3.